The van der Waals surface area contributed by atoms with Crippen molar-refractivity contribution in [3.8, 4) is 17.2 Å². The first-order chi connectivity index (χ1) is 17.6. The number of unbranched alkanes of at least 4 members (excludes halogenated alkanes) is 2. The summed E-state index contributed by atoms with van der Waals surface area (Å²) in [5.74, 6) is -0.0755. The number of carbonyl (C=O) groups is 2. The average molecular weight is 487 g/mol. The molecule has 184 valence electrons. The van der Waals surface area contributed by atoms with E-state index in [1.807, 2.05) is 0 Å². The molecular weight excluding hydrogens is 460 g/mol. The fourth-order valence-corrected chi connectivity index (χ4v) is 4.39. The van der Waals surface area contributed by atoms with E-state index in [4.69, 9.17) is 14.2 Å². The molecule has 5 rings (SSSR count). The van der Waals surface area contributed by atoms with Gasteiger partial charge in [-0.3, -0.25) is 19.5 Å². The molecule has 1 saturated heterocycles. The molecule has 8 heteroatoms. The number of pyridine rings is 1. The van der Waals surface area contributed by atoms with Crippen LogP contribution >= 0.6 is 0 Å². The van der Waals surface area contributed by atoms with E-state index in [0.29, 0.717) is 40.7 Å². The molecule has 3 aromatic rings. The highest BCUT2D eigenvalue weighted by molar-refractivity contribution is 6.51. The van der Waals surface area contributed by atoms with Crippen LogP contribution in [0.3, 0.4) is 0 Å². The first-order valence-electron chi connectivity index (χ1n) is 11.9. The zero-order chi connectivity index (χ0) is 25.1. The van der Waals surface area contributed by atoms with E-state index in [-0.39, 0.29) is 18.1 Å². The van der Waals surface area contributed by atoms with Crippen molar-refractivity contribution in [1.29, 1.82) is 0 Å². The third kappa shape index (κ3) is 4.37. The van der Waals surface area contributed by atoms with E-state index >= 15 is 0 Å². The highest BCUT2D eigenvalue weighted by Crippen LogP contribution is 2.44. The minimum Gasteiger partial charge on any atom is -0.507 e. The third-order valence-electron chi connectivity index (χ3n) is 6.22. The molecule has 1 N–H and O–H groups in total. The third-order valence-corrected chi connectivity index (χ3v) is 6.22. The molecule has 0 aliphatic carbocycles. The van der Waals surface area contributed by atoms with Crippen molar-refractivity contribution < 1.29 is 28.9 Å². The Morgan fingerprint density at radius 2 is 1.89 bits per heavy atom. The van der Waals surface area contributed by atoms with Gasteiger partial charge in [0.05, 0.1) is 18.2 Å². The van der Waals surface area contributed by atoms with E-state index < -0.39 is 17.7 Å². The number of ketones is 1. The van der Waals surface area contributed by atoms with E-state index in [0.717, 1.165) is 19.3 Å². The number of hydrogen-bond donors (Lipinski definition) is 1. The number of nitrogens with zero attached hydrogens (tertiary/aromatic N) is 2. The average Bonchev–Trinajstić information content (AvgIpc) is 3.49. The molecule has 3 heterocycles. The Morgan fingerprint density at radius 1 is 1.08 bits per heavy atom. The van der Waals surface area contributed by atoms with Crippen LogP contribution in [0.2, 0.25) is 0 Å². The quantitative estimate of drug-likeness (QED) is 0.207. The second kappa shape index (κ2) is 10.1. The number of Topliss-reactive ketones (excluding diaryl/α,β-unsaturated/α-hetero) is 1. The van der Waals surface area contributed by atoms with Crippen LogP contribution in [0, 0.1) is 0 Å². The number of benzene rings is 2. The summed E-state index contributed by atoms with van der Waals surface area (Å²) < 4.78 is 16.6. The Balaban J connectivity index is 1.53. The van der Waals surface area contributed by atoms with Gasteiger partial charge in [0.25, 0.3) is 11.7 Å². The normalized spacial score (nSPS) is 18.0. The van der Waals surface area contributed by atoms with Gasteiger partial charge in [0.1, 0.15) is 11.5 Å². The lowest BCUT2D eigenvalue weighted by Gasteiger charge is -2.25. The molecule has 1 aromatic heterocycles. The number of carbonyl (C=O) groups excluding carboxylic acids is 2. The summed E-state index contributed by atoms with van der Waals surface area (Å²) in [6.45, 7) is 2.83. The van der Waals surface area contributed by atoms with Crippen LogP contribution in [0.1, 0.15) is 43.4 Å². The number of rotatable bonds is 8. The first-order valence-corrected chi connectivity index (χ1v) is 11.9. The molecule has 2 aliphatic heterocycles. The molecule has 1 amide bonds. The lowest BCUT2D eigenvalue weighted by molar-refractivity contribution is -0.132. The number of hydrogen-bond acceptors (Lipinski definition) is 7. The van der Waals surface area contributed by atoms with Crippen molar-refractivity contribution in [2.45, 2.75) is 32.2 Å². The van der Waals surface area contributed by atoms with Crippen LogP contribution in [0.15, 0.2) is 72.6 Å². The molecule has 1 fully saturated rings. The Kier molecular flexibility index (Phi) is 6.58. The predicted octanol–water partition coefficient (Wildman–Crippen LogP) is 5.01. The lowest BCUT2D eigenvalue weighted by Crippen LogP contribution is -2.29. The second-order valence-corrected chi connectivity index (χ2v) is 8.57. The minimum atomic E-state index is -0.871. The number of aliphatic hydroxyl groups is 1. The standard InChI is InChI=1S/C28H26N2O6/c1-2-3-4-14-34-21-10-7-18(8-11-21)26(31)24-25(19-6-5-13-29-16-19)30(28(33)27(24)32)20-9-12-22-23(15-20)36-17-35-22/h5-13,15-16,25,31H,2-4,14,17H2,1H3/b26-24+. The predicted molar refractivity (Wildman–Crippen MR) is 133 cm³/mol. The van der Waals surface area contributed by atoms with Crippen molar-refractivity contribution in [2.24, 2.45) is 0 Å². The van der Waals surface area contributed by atoms with E-state index in [1.54, 1.807) is 67.0 Å². The highest BCUT2D eigenvalue weighted by atomic mass is 16.7. The van der Waals surface area contributed by atoms with Crippen molar-refractivity contribution in [3.63, 3.8) is 0 Å². The maximum atomic E-state index is 13.3. The summed E-state index contributed by atoms with van der Waals surface area (Å²) in [6.07, 6.45) is 6.35. The lowest BCUT2D eigenvalue weighted by atomic mass is 9.96. The number of aliphatic hydroxyl groups excluding tert-OH is 1. The molecule has 36 heavy (non-hydrogen) atoms. The maximum absolute atomic E-state index is 13.3. The van der Waals surface area contributed by atoms with Crippen molar-refractivity contribution in [1.82, 2.24) is 4.98 Å². The van der Waals surface area contributed by atoms with Gasteiger partial charge in [-0.2, -0.15) is 0 Å². The molecule has 0 bridgehead atoms. The van der Waals surface area contributed by atoms with Crippen LogP contribution in [-0.2, 0) is 9.59 Å². The fourth-order valence-electron chi connectivity index (χ4n) is 4.39. The molecule has 0 spiro atoms. The van der Waals surface area contributed by atoms with E-state index in [1.165, 1.54) is 4.90 Å². The Morgan fingerprint density at radius 3 is 2.64 bits per heavy atom. The summed E-state index contributed by atoms with van der Waals surface area (Å²) in [7, 11) is 0. The van der Waals surface area contributed by atoms with Crippen LogP contribution in [0.4, 0.5) is 5.69 Å². The van der Waals surface area contributed by atoms with Gasteiger partial charge in [0, 0.05) is 29.7 Å². The van der Waals surface area contributed by atoms with Gasteiger partial charge >= 0.3 is 0 Å². The van der Waals surface area contributed by atoms with Crippen molar-refractivity contribution in [2.75, 3.05) is 18.3 Å². The number of anilines is 1. The highest BCUT2D eigenvalue weighted by Gasteiger charge is 2.47. The molecule has 0 saturated carbocycles. The Labute approximate surface area is 208 Å². The van der Waals surface area contributed by atoms with Gasteiger partial charge < -0.3 is 19.3 Å². The molecule has 2 aliphatic rings. The molecule has 8 nitrogen and oxygen atoms in total. The van der Waals surface area contributed by atoms with Crippen molar-refractivity contribution >= 4 is 23.1 Å². The molecular formula is C28H26N2O6. The summed E-state index contributed by atoms with van der Waals surface area (Å²) in [4.78, 5) is 32.1. The summed E-state index contributed by atoms with van der Waals surface area (Å²) in [6, 6.07) is 14.5. The summed E-state index contributed by atoms with van der Waals surface area (Å²) in [5, 5.41) is 11.3. The molecule has 2 aromatic carbocycles. The SMILES string of the molecule is CCCCCOc1ccc(/C(O)=C2\C(=O)C(=O)N(c3ccc4c(c3)OCO4)C2c2cccnc2)cc1. The molecule has 1 atom stereocenters. The van der Waals surface area contributed by atoms with Crippen molar-refractivity contribution in [3.05, 3.63) is 83.7 Å². The van der Waals surface area contributed by atoms with Gasteiger partial charge in [0.2, 0.25) is 6.79 Å². The zero-order valence-electron chi connectivity index (χ0n) is 19.8. The molecule has 1 unspecified atom stereocenters. The van der Waals surface area contributed by atoms with E-state index in [2.05, 4.69) is 11.9 Å². The topological polar surface area (TPSA) is 98.2 Å². The van der Waals surface area contributed by atoms with Gasteiger partial charge in [-0.25, -0.2) is 0 Å². The first kappa shape index (κ1) is 23.4. The summed E-state index contributed by atoms with van der Waals surface area (Å²) in [5.41, 5.74) is 1.44. The van der Waals surface area contributed by atoms with Crippen LogP contribution in [-0.4, -0.2) is 35.2 Å². The minimum absolute atomic E-state index is 0.0118. The van der Waals surface area contributed by atoms with Gasteiger partial charge in [-0.1, -0.05) is 25.8 Å². The Bertz CT molecular complexity index is 1300. The van der Waals surface area contributed by atoms with Crippen LogP contribution in [0.25, 0.3) is 5.76 Å². The van der Waals surface area contributed by atoms with Crippen LogP contribution < -0.4 is 19.1 Å². The van der Waals surface area contributed by atoms with Gasteiger partial charge in [-0.05, 0) is 54.4 Å². The largest absolute Gasteiger partial charge is 0.507 e. The maximum Gasteiger partial charge on any atom is 0.300 e. The van der Waals surface area contributed by atoms with Gasteiger partial charge in [-0.15, -0.1) is 0 Å². The Hall–Kier alpha value is -4.33. The number of ether oxygens (including phenoxy) is 3. The monoisotopic (exact) mass is 486 g/mol. The number of amides is 1. The number of fused-ring (bicyclic) bond motifs is 1. The molecule has 0 radical (unpaired) electrons. The van der Waals surface area contributed by atoms with Gasteiger partial charge in [0.15, 0.2) is 11.5 Å². The zero-order valence-corrected chi connectivity index (χ0v) is 19.8. The van der Waals surface area contributed by atoms with Crippen LogP contribution in [0.5, 0.6) is 17.2 Å². The van der Waals surface area contributed by atoms with E-state index in [9.17, 15) is 14.7 Å². The second-order valence-electron chi connectivity index (χ2n) is 8.57. The summed E-state index contributed by atoms with van der Waals surface area (Å²) >= 11 is 0. The smallest absolute Gasteiger partial charge is 0.300 e. The number of aromatic nitrogens is 1. The fraction of sp³-hybridized carbons (Fsp3) is 0.250.